The molecule has 5 rings (SSSR count). The predicted molar refractivity (Wildman–Crippen MR) is 94.7 cm³/mol. The fourth-order valence-electron chi connectivity index (χ4n) is 6.27. The SMILES string of the molecule is CC1CCCCC1OCCNC(=O)NC1C2CC3CC(C2)CC1C3. The molecule has 0 heterocycles. The van der Waals surface area contributed by atoms with Gasteiger partial charge in [0.1, 0.15) is 0 Å². The van der Waals surface area contributed by atoms with Crippen molar-refractivity contribution in [2.45, 2.75) is 76.9 Å². The zero-order valence-corrected chi connectivity index (χ0v) is 15.1. The van der Waals surface area contributed by atoms with E-state index in [-0.39, 0.29) is 6.03 Å². The monoisotopic (exact) mass is 334 g/mol. The zero-order chi connectivity index (χ0) is 16.5. The third-order valence-corrected chi connectivity index (χ3v) is 7.28. The molecule has 0 spiro atoms. The van der Waals surface area contributed by atoms with Crippen molar-refractivity contribution in [2.24, 2.45) is 29.6 Å². The molecule has 0 aromatic rings. The van der Waals surface area contributed by atoms with Crippen LogP contribution in [-0.4, -0.2) is 31.3 Å². The molecule has 5 fully saturated rings. The van der Waals surface area contributed by atoms with Crippen molar-refractivity contribution in [1.29, 1.82) is 0 Å². The standard InChI is InChI=1S/C20H34N2O2/c1-13-4-2-3-5-18(13)24-7-6-21-20(23)22-19-16-9-14-8-15(11-16)12-17(19)10-14/h13-19H,2-12H2,1H3,(H2,21,22,23). The number of nitrogens with one attached hydrogen (secondary N) is 2. The number of amides is 2. The van der Waals surface area contributed by atoms with E-state index in [4.69, 9.17) is 4.74 Å². The Kier molecular flexibility index (Phi) is 5.03. The van der Waals surface area contributed by atoms with Crippen molar-refractivity contribution in [3.8, 4) is 0 Å². The molecule has 2 N–H and O–H groups in total. The summed E-state index contributed by atoms with van der Waals surface area (Å²) in [4.78, 5) is 12.3. The molecule has 2 unspecified atom stereocenters. The van der Waals surface area contributed by atoms with E-state index in [1.165, 1.54) is 57.8 Å². The van der Waals surface area contributed by atoms with Crippen LogP contribution in [0.3, 0.4) is 0 Å². The molecule has 2 atom stereocenters. The molecule has 4 heteroatoms. The van der Waals surface area contributed by atoms with Gasteiger partial charge in [0.05, 0.1) is 12.7 Å². The van der Waals surface area contributed by atoms with Crippen molar-refractivity contribution in [3.63, 3.8) is 0 Å². The van der Waals surface area contributed by atoms with Crippen molar-refractivity contribution in [3.05, 3.63) is 0 Å². The lowest BCUT2D eigenvalue weighted by atomic mass is 9.54. The van der Waals surface area contributed by atoms with E-state index in [2.05, 4.69) is 17.6 Å². The quantitative estimate of drug-likeness (QED) is 0.753. The number of urea groups is 1. The molecule has 0 aliphatic heterocycles. The third kappa shape index (κ3) is 3.58. The number of ether oxygens (including phenoxy) is 1. The molecule has 4 nitrogen and oxygen atoms in total. The molecule has 4 bridgehead atoms. The van der Waals surface area contributed by atoms with Crippen LogP contribution in [0.25, 0.3) is 0 Å². The maximum Gasteiger partial charge on any atom is 0.315 e. The molecule has 0 aromatic carbocycles. The molecule has 0 saturated heterocycles. The average Bonchev–Trinajstić information content (AvgIpc) is 2.56. The van der Waals surface area contributed by atoms with Gasteiger partial charge in [-0.05, 0) is 74.5 Å². The van der Waals surface area contributed by atoms with Crippen LogP contribution >= 0.6 is 0 Å². The molecule has 0 radical (unpaired) electrons. The Balaban J connectivity index is 1.16. The third-order valence-electron chi connectivity index (χ3n) is 7.28. The fraction of sp³-hybridized carbons (Fsp3) is 0.950. The molecule has 5 saturated carbocycles. The van der Waals surface area contributed by atoms with Gasteiger partial charge < -0.3 is 15.4 Å². The van der Waals surface area contributed by atoms with Crippen LogP contribution in [0.1, 0.15) is 64.7 Å². The molecule has 5 aliphatic carbocycles. The largest absolute Gasteiger partial charge is 0.376 e. The van der Waals surface area contributed by atoms with E-state index in [0.717, 1.165) is 23.7 Å². The Morgan fingerprint density at radius 2 is 1.67 bits per heavy atom. The highest BCUT2D eigenvalue weighted by molar-refractivity contribution is 5.74. The summed E-state index contributed by atoms with van der Waals surface area (Å²) in [5, 5.41) is 6.32. The van der Waals surface area contributed by atoms with Crippen molar-refractivity contribution < 1.29 is 9.53 Å². The van der Waals surface area contributed by atoms with Crippen LogP contribution in [0.15, 0.2) is 0 Å². The second kappa shape index (κ2) is 7.23. The molecule has 136 valence electrons. The number of carbonyl (C=O) groups is 1. The summed E-state index contributed by atoms with van der Waals surface area (Å²) in [6, 6.07) is 0.449. The molecule has 0 aromatic heterocycles. The van der Waals surface area contributed by atoms with Crippen LogP contribution < -0.4 is 10.6 Å². The molecule has 2 amide bonds. The highest BCUT2D eigenvalue weighted by atomic mass is 16.5. The lowest BCUT2D eigenvalue weighted by molar-refractivity contribution is -0.0106. The first-order chi connectivity index (χ1) is 11.7. The second-order valence-electron chi connectivity index (χ2n) is 9.03. The van der Waals surface area contributed by atoms with E-state index in [9.17, 15) is 4.79 Å². The average molecular weight is 335 g/mol. The maximum absolute atomic E-state index is 12.3. The zero-order valence-electron chi connectivity index (χ0n) is 15.1. The highest BCUT2D eigenvalue weighted by Gasteiger charge is 2.48. The Bertz CT molecular complexity index is 425. The Labute approximate surface area is 146 Å². The normalized spacial score (nSPS) is 43.6. The van der Waals surface area contributed by atoms with Crippen LogP contribution in [0, 0.1) is 29.6 Å². The van der Waals surface area contributed by atoms with E-state index in [0.29, 0.717) is 31.2 Å². The van der Waals surface area contributed by atoms with E-state index in [1.54, 1.807) is 0 Å². The van der Waals surface area contributed by atoms with Gasteiger partial charge in [-0.1, -0.05) is 19.8 Å². The van der Waals surface area contributed by atoms with Gasteiger partial charge in [-0.2, -0.15) is 0 Å². The summed E-state index contributed by atoms with van der Waals surface area (Å²) in [6.07, 6.45) is 12.3. The number of hydrogen-bond donors (Lipinski definition) is 2. The topological polar surface area (TPSA) is 50.4 Å². The van der Waals surface area contributed by atoms with Gasteiger partial charge in [0.15, 0.2) is 0 Å². The lowest BCUT2D eigenvalue weighted by Crippen LogP contribution is -2.57. The van der Waals surface area contributed by atoms with E-state index >= 15 is 0 Å². The Morgan fingerprint density at radius 3 is 2.33 bits per heavy atom. The smallest absolute Gasteiger partial charge is 0.315 e. The number of rotatable bonds is 5. The summed E-state index contributed by atoms with van der Waals surface area (Å²) >= 11 is 0. The molecule has 5 aliphatic rings. The van der Waals surface area contributed by atoms with Crippen molar-refractivity contribution in [1.82, 2.24) is 10.6 Å². The van der Waals surface area contributed by atoms with E-state index in [1.807, 2.05) is 0 Å². The Morgan fingerprint density at radius 1 is 1.00 bits per heavy atom. The van der Waals surface area contributed by atoms with Gasteiger partial charge >= 0.3 is 6.03 Å². The maximum atomic E-state index is 12.3. The van der Waals surface area contributed by atoms with Crippen LogP contribution in [-0.2, 0) is 4.74 Å². The summed E-state index contributed by atoms with van der Waals surface area (Å²) in [5.41, 5.74) is 0. The van der Waals surface area contributed by atoms with Crippen LogP contribution in [0.5, 0.6) is 0 Å². The fourth-order valence-corrected chi connectivity index (χ4v) is 6.27. The highest BCUT2D eigenvalue weighted by Crippen LogP contribution is 2.53. The summed E-state index contributed by atoms with van der Waals surface area (Å²) < 4.78 is 5.99. The van der Waals surface area contributed by atoms with Crippen LogP contribution in [0.2, 0.25) is 0 Å². The minimum atomic E-state index is 0.0211. The van der Waals surface area contributed by atoms with Gasteiger partial charge in [-0.15, -0.1) is 0 Å². The predicted octanol–water partition coefficient (Wildman–Crippen LogP) is 3.71. The number of hydrogen-bond acceptors (Lipinski definition) is 2. The van der Waals surface area contributed by atoms with Gasteiger partial charge in [-0.3, -0.25) is 0 Å². The van der Waals surface area contributed by atoms with E-state index < -0.39 is 0 Å². The summed E-state index contributed by atoms with van der Waals surface area (Å²) in [6.45, 7) is 3.56. The van der Waals surface area contributed by atoms with Gasteiger partial charge in [0.25, 0.3) is 0 Å². The molecule has 24 heavy (non-hydrogen) atoms. The first-order valence-corrected chi connectivity index (χ1v) is 10.3. The van der Waals surface area contributed by atoms with Gasteiger partial charge in [0.2, 0.25) is 0 Å². The van der Waals surface area contributed by atoms with Crippen LogP contribution in [0.4, 0.5) is 4.79 Å². The summed E-state index contributed by atoms with van der Waals surface area (Å²) in [5.74, 6) is 4.07. The summed E-state index contributed by atoms with van der Waals surface area (Å²) in [7, 11) is 0. The number of carbonyl (C=O) groups excluding carboxylic acids is 1. The first kappa shape index (κ1) is 16.7. The Hall–Kier alpha value is -0.770. The van der Waals surface area contributed by atoms with Gasteiger partial charge in [-0.25, -0.2) is 4.79 Å². The second-order valence-corrected chi connectivity index (χ2v) is 9.03. The first-order valence-electron chi connectivity index (χ1n) is 10.3. The minimum Gasteiger partial charge on any atom is -0.376 e. The minimum absolute atomic E-state index is 0.0211. The molecular formula is C20H34N2O2. The van der Waals surface area contributed by atoms with Gasteiger partial charge in [0, 0.05) is 12.6 Å². The van der Waals surface area contributed by atoms with Crippen molar-refractivity contribution >= 4 is 6.03 Å². The lowest BCUT2D eigenvalue weighted by Gasteiger charge is -2.54. The van der Waals surface area contributed by atoms with Crippen molar-refractivity contribution in [2.75, 3.05) is 13.2 Å². The molecular weight excluding hydrogens is 300 g/mol.